The van der Waals surface area contributed by atoms with Crippen LogP contribution >= 0.6 is 0 Å². The van der Waals surface area contributed by atoms with Gasteiger partial charge in [0.25, 0.3) is 11.8 Å². The highest BCUT2D eigenvalue weighted by Crippen LogP contribution is 2.68. The molecule has 8 heteroatoms. The van der Waals surface area contributed by atoms with Crippen LogP contribution in [0.1, 0.15) is 91.4 Å². The number of hydroxylamine groups is 2. The van der Waals surface area contributed by atoms with Gasteiger partial charge in [-0.2, -0.15) is 0 Å². The zero-order valence-corrected chi connectivity index (χ0v) is 21.9. The summed E-state index contributed by atoms with van der Waals surface area (Å²) in [7, 11) is 0. The van der Waals surface area contributed by atoms with Crippen molar-refractivity contribution >= 4 is 17.8 Å². The number of fused-ring (bicyclic) bond motifs is 5. The van der Waals surface area contributed by atoms with Crippen LogP contribution in [0.3, 0.4) is 0 Å². The first-order valence-electron chi connectivity index (χ1n) is 14.1. The summed E-state index contributed by atoms with van der Waals surface area (Å²) >= 11 is 0. The van der Waals surface area contributed by atoms with Crippen molar-refractivity contribution in [2.75, 3.05) is 0 Å². The molecule has 0 bridgehead atoms. The largest absolute Gasteiger partial charge is 0.393 e. The van der Waals surface area contributed by atoms with Gasteiger partial charge < -0.3 is 20.2 Å². The molecule has 0 aromatic carbocycles. The lowest BCUT2D eigenvalue weighted by Crippen LogP contribution is -2.62. The van der Waals surface area contributed by atoms with Crippen LogP contribution in [0.25, 0.3) is 0 Å². The van der Waals surface area contributed by atoms with Crippen LogP contribution in [0.15, 0.2) is 0 Å². The predicted molar refractivity (Wildman–Crippen MR) is 130 cm³/mol. The van der Waals surface area contributed by atoms with Gasteiger partial charge in [-0.3, -0.25) is 9.59 Å². The summed E-state index contributed by atoms with van der Waals surface area (Å²) in [6.07, 6.45) is 5.50. The van der Waals surface area contributed by atoms with Crippen LogP contribution < -0.4 is 0 Å². The monoisotopic (exact) mass is 505 g/mol. The first-order chi connectivity index (χ1) is 17.0. The van der Waals surface area contributed by atoms with Gasteiger partial charge in [-0.1, -0.05) is 20.8 Å². The minimum absolute atomic E-state index is 0.0450. The van der Waals surface area contributed by atoms with Gasteiger partial charge in [0.1, 0.15) is 0 Å². The van der Waals surface area contributed by atoms with Gasteiger partial charge in [-0.15, -0.1) is 5.06 Å². The van der Waals surface area contributed by atoms with Crippen molar-refractivity contribution in [2.24, 2.45) is 46.3 Å². The van der Waals surface area contributed by atoms with E-state index in [0.29, 0.717) is 23.8 Å². The molecular formula is C28H43NO7. The van der Waals surface area contributed by atoms with E-state index in [1.165, 1.54) is 0 Å². The summed E-state index contributed by atoms with van der Waals surface area (Å²) in [5.74, 6) is -0.213. The number of imide groups is 1. The molecule has 2 amide bonds. The Morgan fingerprint density at radius 2 is 1.72 bits per heavy atom. The van der Waals surface area contributed by atoms with Crippen LogP contribution in [0, 0.1) is 46.3 Å². The molecule has 1 heterocycles. The summed E-state index contributed by atoms with van der Waals surface area (Å²) in [6, 6.07) is 0. The molecule has 0 aromatic rings. The van der Waals surface area contributed by atoms with E-state index in [1.807, 2.05) is 0 Å². The Balaban J connectivity index is 1.27. The molecule has 4 unspecified atom stereocenters. The second kappa shape index (κ2) is 9.35. The van der Waals surface area contributed by atoms with Gasteiger partial charge in [0.05, 0.1) is 18.3 Å². The maximum absolute atomic E-state index is 12.4. The third kappa shape index (κ3) is 4.02. The lowest BCUT2D eigenvalue weighted by atomic mass is 9.43. The lowest BCUT2D eigenvalue weighted by Gasteiger charge is -2.63. The van der Waals surface area contributed by atoms with E-state index in [-0.39, 0.29) is 65.8 Å². The van der Waals surface area contributed by atoms with Gasteiger partial charge in [-0.25, -0.2) is 4.79 Å². The molecule has 5 fully saturated rings. The summed E-state index contributed by atoms with van der Waals surface area (Å²) < 4.78 is 0. The van der Waals surface area contributed by atoms with Crippen molar-refractivity contribution in [3.05, 3.63) is 0 Å². The Hall–Kier alpha value is -1.51. The van der Waals surface area contributed by atoms with Crippen LogP contribution in [-0.4, -0.2) is 56.5 Å². The fourth-order valence-corrected chi connectivity index (χ4v) is 9.48. The molecule has 4 saturated carbocycles. The number of rotatable bonds is 5. The van der Waals surface area contributed by atoms with Crippen molar-refractivity contribution in [2.45, 2.75) is 110 Å². The molecule has 0 aromatic heterocycles. The van der Waals surface area contributed by atoms with Gasteiger partial charge in [-0.05, 0) is 97.7 Å². The molecule has 36 heavy (non-hydrogen) atoms. The second-order valence-electron chi connectivity index (χ2n) is 13.1. The molecule has 5 aliphatic rings. The minimum Gasteiger partial charge on any atom is -0.393 e. The topological polar surface area (TPSA) is 124 Å². The molecule has 8 nitrogen and oxygen atoms in total. The number of hydrogen-bond acceptors (Lipinski definition) is 7. The van der Waals surface area contributed by atoms with Gasteiger partial charge in [0, 0.05) is 19.3 Å². The van der Waals surface area contributed by atoms with Crippen molar-refractivity contribution < 1.29 is 34.5 Å². The van der Waals surface area contributed by atoms with Crippen molar-refractivity contribution in [1.29, 1.82) is 0 Å². The zero-order chi connectivity index (χ0) is 26.0. The molecule has 0 spiro atoms. The average Bonchev–Trinajstić information content (AvgIpc) is 3.34. The van der Waals surface area contributed by atoms with E-state index in [1.54, 1.807) is 0 Å². The molecule has 4 aliphatic carbocycles. The highest BCUT2D eigenvalue weighted by Gasteiger charge is 2.65. The third-order valence-corrected chi connectivity index (χ3v) is 11.5. The van der Waals surface area contributed by atoms with E-state index in [2.05, 4.69) is 20.8 Å². The smallest absolute Gasteiger partial charge is 0.333 e. The summed E-state index contributed by atoms with van der Waals surface area (Å²) in [5, 5.41) is 33.9. The molecule has 1 saturated heterocycles. The number of aliphatic hydroxyl groups excluding tert-OH is 3. The van der Waals surface area contributed by atoms with Crippen LogP contribution in [-0.2, 0) is 19.2 Å². The van der Waals surface area contributed by atoms with Crippen molar-refractivity contribution in [3.63, 3.8) is 0 Å². The second-order valence-corrected chi connectivity index (χ2v) is 13.1. The quantitative estimate of drug-likeness (QED) is 0.491. The van der Waals surface area contributed by atoms with Crippen LogP contribution in [0.5, 0.6) is 0 Å². The summed E-state index contributed by atoms with van der Waals surface area (Å²) in [4.78, 5) is 40.9. The van der Waals surface area contributed by atoms with Crippen molar-refractivity contribution in [3.8, 4) is 0 Å². The summed E-state index contributed by atoms with van der Waals surface area (Å²) in [5.41, 5.74) is -0.285. The maximum atomic E-state index is 12.4. The van der Waals surface area contributed by atoms with Gasteiger partial charge >= 0.3 is 5.97 Å². The normalized spacial score (nSPS) is 47.2. The number of carbonyl (C=O) groups is 3. The SMILES string of the molecule is C[C@H](CCC(=O)ON1C(=O)CCC1=O)[C@H]1CCC2C3C(C[C@H](O)[C@@]21C)[C@@]1(C)CC[C@@H](O)CC1C[C@H]3O. The number of amides is 2. The van der Waals surface area contributed by atoms with E-state index < -0.39 is 30.0 Å². The fourth-order valence-electron chi connectivity index (χ4n) is 9.48. The number of aliphatic hydroxyl groups is 3. The van der Waals surface area contributed by atoms with Gasteiger partial charge in [0.2, 0.25) is 0 Å². The first-order valence-corrected chi connectivity index (χ1v) is 14.1. The highest BCUT2D eigenvalue weighted by atomic mass is 16.7. The number of nitrogens with zero attached hydrogens (tertiary/aromatic N) is 1. The molecule has 0 radical (unpaired) electrons. The Kier molecular flexibility index (Phi) is 6.78. The van der Waals surface area contributed by atoms with Gasteiger partial charge in [0.15, 0.2) is 0 Å². The maximum Gasteiger partial charge on any atom is 0.333 e. The van der Waals surface area contributed by atoms with Crippen LogP contribution in [0.2, 0.25) is 0 Å². The third-order valence-electron chi connectivity index (χ3n) is 11.5. The molecule has 5 rings (SSSR count). The average molecular weight is 506 g/mol. The van der Waals surface area contributed by atoms with Crippen molar-refractivity contribution in [1.82, 2.24) is 5.06 Å². The van der Waals surface area contributed by atoms with Crippen LogP contribution in [0.4, 0.5) is 0 Å². The summed E-state index contributed by atoms with van der Waals surface area (Å²) in [6.45, 7) is 6.64. The number of carbonyl (C=O) groups excluding carboxylic acids is 3. The first kappa shape index (κ1) is 26.1. The molecule has 202 valence electrons. The Bertz CT molecular complexity index is 892. The van der Waals surface area contributed by atoms with E-state index in [0.717, 1.165) is 38.5 Å². The molecule has 3 N–H and O–H groups in total. The lowest BCUT2D eigenvalue weighted by molar-refractivity contribution is -0.207. The Morgan fingerprint density at radius 3 is 2.42 bits per heavy atom. The van der Waals surface area contributed by atoms with E-state index in [4.69, 9.17) is 4.84 Å². The molecule has 11 atom stereocenters. The number of hydrogen-bond donors (Lipinski definition) is 3. The zero-order valence-electron chi connectivity index (χ0n) is 21.9. The van der Waals surface area contributed by atoms with E-state index in [9.17, 15) is 29.7 Å². The predicted octanol–water partition coefficient (Wildman–Crippen LogP) is 2.97. The highest BCUT2D eigenvalue weighted by molar-refractivity contribution is 6.01. The fraction of sp³-hybridized carbons (Fsp3) is 0.893. The Morgan fingerprint density at radius 1 is 1.03 bits per heavy atom. The Labute approximate surface area is 213 Å². The standard InChI is InChI=1S/C28H43NO7/c1-15(4-9-25(35)36-29-23(33)7-8-24(29)34)18-5-6-19-26-20(14-22(32)28(18,19)3)27(2)11-10-17(30)12-16(27)13-21(26)31/h15-22,26,30-32H,4-14H2,1-3H3/t15-,16?,17-,18-,19?,20?,21-,22+,26?,27+,28-/m1/s1. The molecule has 1 aliphatic heterocycles. The molecular weight excluding hydrogens is 462 g/mol. The minimum atomic E-state index is -0.574. The van der Waals surface area contributed by atoms with E-state index >= 15 is 0 Å².